The molecule has 1 aliphatic heterocycles. The Kier molecular flexibility index (Phi) is 6.57. The first-order chi connectivity index (χ1) is 12.7. The molecular formula is C15H19F2N3O7. The van der Waals surface area contributed by atoms with Crippen LogP contribution in [0.25, 0.3) is 0 Å². The lowest BCUT2D eigenvalue weighted by Crippen LogP contribution is -2.41. The van der Waals surface area contributed by atoms with Gasteiger partial charge in [-0.15, -0.1) is 0 Å². The SMILES string of the molecule is CC(=O)OCCCC(=O)Nc1ccn([C@@H]2O[C@H](CO)[C@@H](O)C2(F)F)c(=O)n1. The van der Waals surface area contributed by atoms with E-state index in [9.17, 15) is 28.3 Å². The number of amides is 1. The fraction of sp³-hybridized carbons (Fsp3) is 0.600. The Morgan fingerprint density at radius 1 is 1.48 bits per heavy atom. The number of aliphatic hydroxyl groups excluding tert-OH is 2. The van der Waals surface area contributed by atoms with E-state index in [1.54, 1.807) is 0 Å². The molecular weight excluding hydrogens is 372 g/mol. The van der Waals surface area contributed by atoms with E-state index in [4.69, 9.17) is 9.84 Å². The Labute approximate surface area is 151 Å². The Bertz CT molecular complexity index is 755. The van der Waals surface area contributed by atoms with Crippen molar-refractivity contribution in [3.05, 3.63) is 22.7 Å². The standard InChI is InChI=1S/C15H19F2N3O7/c1-8(22)26-6-2-3-11(23)18-10-4-5-20(14(25)19-10)13-15(16,17)12(24)9(7-21)27-13/h4-5,9,12-13,21,24H,2-3,6-7H2,1H3,(H,18,19,23,25)/t9-,12-,13-/m1/s1. The quantitative estimate of drug-likeness (QED) is 0.414. The van der Waals surface area contributed by atoms with E-state index in [-0.39, 0.29) is 25.3 Å². The molecule has 0 bridgehead atoms. The number of esters is 1. The minimum Gasteiger partial charge on any atom is -0.466 e. The summed E-state index contributed by atoms with van der Waals surface area (Å²) in [6.07, 6.45) is -4.78. The van der Waals surface area contributed by atoms with Gasteiger partial charge in [0.05, 0.1) is 13.2 Å². The van der Waals surface area contributed by atoms with Crippen LogP contribution in [-0.4, -0.2) is 63.0 Å². The van der Waals surface area contributed by atoms with Crippen LogP contribution in [0.4, 0.5) is 14.6 Å². The van der Waals surface area contributed by atoms with Crippen molar-refractivity contribution in [1.82, 2.24) is 9.55 Å². The first-order valence-electron chi connectivity index (χ1n) is 8.01. The molecule has 0 spiro atoms. The molecule has 10 nitrogen and oxygen atoms in total. The number of ether oxygens (including phenoxy) is 2. The average molecular weight is 391 g/mol. The molecule has 1 saturated heterocycles. The molecule has 2 rings (SSSR count). The van der Waals surface area contributed by atoms with Crippen LogP contribution in [0.2, 0.25) is 0 Å². The summed E-state index contributed by atoms with van der Waals surface area (Å²) in [6, 6.07) is 1.11. The molecule has 2 heterocycles. The lowest BCUT2D eigenvalue weighted by Gasteiger charge is -2.21. The Hall–Kier alpha value is -2.44. The highest BCUT2D eigenvalue weighted by Gasteiger charge is 2.59. The summed E-state index contributed by atoms with van der Waals surface area (Å²) in [6.45, 7) is 0.440. The largest absolute Gasteiger partial charge is 0.466 e. The van der Waals surface area contributed by atoms with E-state index in [1.807, 2.05) is 0 Å². The van der Waals surface area contributed by atoms with Crippen LogP contribution in [0, 0.1) is 0 Å². The molecule has 12 heteroatoms. The summed E-state index contributed by atoms with van der Waals surface area (Å²) >= 11 is 0. The highest BCUT2D eigenvalue weighted by Crippen LogP contribution is 2.41. The minimum absolute atomic E-state index is 0.00771. The van der Waals surface area contributed by atoms with Gasteiger partial charge >= 0.3 is 17.6 Å². The summed E-state index contributed by atoms with van der Waals surface area (Å²) in [4.78, 5) is 37.8. The second kappa shape index (κ2) is 8.50. The molecule has 3 atom stereocenters. The van der Waals surface area contributed by atoms with E-state index in [0.717, 1.165) is 12.3 Å². The number of anilines is 1. The predicted molar refractivity (Wildman–Crippen MR) is 84.9 cm³/mol. The maximum Gasteiger partial charge on any atom is 0.351 e. The number of carbonyl (C=O) groups excluding carboxylic acids is 2. The molecule has 0 radical (unpaired) electrons. The third-order valence-electron chi connectivity index (χ3n) is 3.76. The summed E-state index contributed by atoms with van der Waals surface area (Å²) in [5, 5.41) is 20.8. The Balaban J connectivity index is 2.02. The zero-order chi connectivity index (χ0) is 20.2. The van der Waals surface area contributed by atoms with Gasteiger partial charge in [0.1, 0.15) is 11.9 Å². The van der Waals surface area contributed by atoms with Crippen LogP contribution >= 0.6 is 0 Å². The van der Waals surface area contributed by atoms with Crippen LogP contribution < -0.4 is 11.0 Å². The van der Waals surface area contributed by atoms with Crippen molar-refractivity contribution in [3.63, 3.8) is 0 Å². The van der Waals surface area contributed by atoms with Crippen molar-refractivity contribution in [1.29, 1.82) is 0 Å². The van der Waals surface area contributed by atoms with Crippen LogP contribution in [-0.2, 0) is 19.1 Å². The number of rotatable bonds is 7. The smallest absolute Gasteiger partial charge is 0.351 e. The van der Waals surface area contributed by atoms with E-state index >= 15 is 0 Å². The Morgan fingerprint density at radius 3 is 2.74 bits per heavy atom. The van der Waals surface area contributed by atoms with Gasteiger partial charge in [0.15, 0.2) is 6.10 Å². The molecule has 3 N–H and O–H groups in total. The van der Waals surface area contributed by atoms with Gasteiger partial charge in [-0.1, -0.05) is 0 Å². The second-order valence-corrected chi connectivity index (χ2v) is 5.82. The van der Waals surface area contributed by atoms with Crippen LogP contribution in [0.5, 0.6) is 0 Å². The third-order valence-corrected chi connectivity index (χ3v) is 3.76. The number of aliphatic hydroxyl groups is 2. The van der Waals surface area contributed by atoms with Crippen molar-refractivity contribution >= 4 is 17.7 Å². The van der Waals surface area contributed by atoms with Crippen molar-refractivity contribution in [2.75, 3.05) is 18.5 Å². The third kappa shape index (κ3) is 4.84. The highest BCUT2D eigenvalue weighted by molar-refractivity contribution is 5.89. The van der Waals surface area contributed by atoms with Gasteiger partial charge in [0, 0.05) is 19.5 Å². The van der Waals surface area contributed by atoms with Gasteiger partial charge in [0.25, 0.3) is 0 Å². The van der Waals surface area contributed by atoms with E-state index < -0.39 is 48.5 Å². The topological polar surface area (TPSA) is 140 Å². The molecule has 1 aromatic rings. The van der Waals surface area contributed by atoms with Gasteiger partial charge in [-0.05, 0) is 12.5 Å². The first-order valence-corrected chi connectivity index (χ1v) is 8.01. The second-order valence-electron chi connectivity index (χ2n) is 5.82. The number of alkyl halides is 2. The normalized spacial score (nSPS) is 23.8. The van der Waals surface area contributed by atoms with Crippen LogP contribution in [0.1, 0.15) is 26.0 Å². The number of hydrogen-bond acceptors (Lipinski definition) is 8. The monoisotopic (exact) mass is 391 g/mol. The lowest BCUT2D eigenvalue weighted by atomic mass is 10.1. The number of aromatic nitrogens is 2. The summed E-state index contributed by atoms with van der Waals surface area (Å²) in [7, 11) is 0. The van der Waals surface area contributed by atoms with Gasteiger partial charge in [0.2, 0.25) is 12.1 Å². The van der Waals surface area contributed by atoms with Crippen LogP contribution in [0.3, 0.4) is 0 Å². The molecule has 1 aromatic heterocycles. The summed E-state index contributed by atoms with van der Waals surface area (Å²) in [5.74, 6) is -4.96. The maximum atomic E-state index is 14.1. The number of hydrogen-bond donors (Lipinski definition) is 3. The predicted octanol–water partition coefficient (Wildman–Crippen LogP) is -0.589. The zero-order valence-corrected chi connectivity index (χ0v) is 14.3. The lowest BCUT2D eigenvalue weighted by molar-refractivity contribution is -0.141. The fourth-order valence-electron chi connectivity index (χ4n) is 2.43. The molecule has 0 unspecified atom stereocenters. The van der Waals surface area contributed by atoms with Crippen molar-refractivity contribution in [2.24, 2.45) is 0 Å². The highest BCUT2D eigenvalue weighted by atomic mass is 19.3. The Morgan fingerprint density at radius 2 is 2.19 bits per heavy atom. The van der Waals surface area contributed by atoms with Gasteiger partial charge in [-0.3, -0.25) is 14.2 Å². The van der Waals surface area contributed by atoms with E-state index in [0.29, 0.717) is 4.57 Å². The number of nitrogens with one attached hydrogen (secondary N) is 1. The molecule has 0 saturated carbocycles. The first kappa shape index (κ1) is 20.9. The summed E-state index contributed by atoms with van der Waals surface area (Å²) < 4.78 is 38.1. The maximum absolute atomic E-state index is 14.1. The molecule has 1 fully saturated rings. The molecule has 1 aliphatic rings. The van der Waals surface area contributed by atoms with Gasteiger partial charge in [-0.2, -0.15) is 13.8 Å². The molecule has 150 valence electrons. The number of nitrogens with zero attached hydrogens (tertiary/aromatic N) is 2. The van der Waals surface area contributed by atoms with E-state index in [2.05, 4.69) is 15.0 Å². The number of carbonyl (C=O) groups is 2. The van der Waals surface area contributed by atoms with Gasteiger partial charge < -0.3 is 25.0 Å². The van der Waals surface area contributed by atoms with Crippen molar-refractivity contribution in [2.45, 2.75) is 44.1 Å². The van der Waals surface area contributed by atoms with E-state index in [1.165, 1.54) is 6.92 Å². The minimum atomic E-state index is -3.82. The summed E-state index contributed by atoms with van der Waals surface area (Å²) in [5.41, 5.74) is -1.14. The fourth-order valence-corrected chi connectivity index (χ4v) is 2.43. The van der Waals surface area contributed by atoms with Crippen molar-refractivity contribution in [3.8, 4) is 0 Å². The van der Waals surface area contributed by atoms with Crippen LogP contribution in [0.15, 0.2) is 17.1 Å². The van der Waals surface area contributed by atoms with Crippen molar-refractivity contribution < 1.29 is 38.1 Å². The molecule has 1 amide bonds. The molecule has 0 aromatic carbocycles. The average Bonchev–Trinajstić information content (AvgIpc) is 2.82. The van der Waals surface area contributed by atoms with Gasteiger partial charge in [-0.25, -0.2) is 4.79 Å². The number of halogens is 2. The zero-order valence-electron chi connectivity index (χ0n) is 14.3. The molecule has 0 aliphatic carbocycles. The molecule has 27 heavy (non-hydrogen) atoms.